The molecule has 3 N–H and O–H groups in total. The van der Waals surface area contributed by atoms with Crippen LogP contribution in [0.2, 0.25) is 0 Å². The zero-order valence-electron chi connectivity index (χ0n) is 22.6. The first kappa shape index (κ1) is 32.4. The molecule has 0 saturated carbocycles. The molecular formula is C30H61NO2. The first-order chi connectivity index (χ1) is 16.2. The number of hydrogen-bond donors (Lipinski definition) is 2. The summed E-state index contributed by atoms with van der Waals surface area (Å²) in [5.41, 5.74) is 5.16. The molecule has 1 amide bonds. The summed E-state index contributed by atoms with van der Waals surface area (Å²) in [6, 6.07) is 0. The highest BCUT2D eigenvalue weighted by Crippen LogP contribution is 2.18. The van der Waals surface area contributed by atoms with Crippen LogP contribution in [0.4, 0.5) is 0 Å². The second-order valence-corrected chi connectivity index (χ2v) is 10.6. The number of carbonyl (C=O) groups is 1. The van der Waals surface area contributed by atoms with Gasteiger partial charge in [-0.2, -0.15) is 0 Å². The Balaban J connectivity index is 3.11. The molecule has 0 spiro atoms. The van der Waals surface area contributed by atoms with Crippen LogP contribution in [0.25, 0.3) is 0 Å². The number of nitrogens with two attached hydrogens (primary N) is 1. The number of primary amides is 1. The Hall–Kier alpha value is -0.570. The molecule has 0 aliphatic rings. The molecule has 198 valence electrons. The minimum Gasteiger partial charge on any atom is -0.396 e. The van der Waals surface area contributed by atoms with Crippen molar-refractivity contribution >= 4 is 5.91 Å². The van der Waals surface area contributed by atoms with Crippen LogP contribution in [0, 0.1) is 5.92 Å². The normalized spacial score (nSPS) is 12.3. The van der Waals surface area contributed by atoms with E-state index >= 15 is 0 Å². The monoisotopic (exact) mass is 467 g/mol. The highest BCUT2D eigenvalue weighted by atomic mass is 16.3. The van der Waals surface area contributed by atoms with Gasteiger partial charge in [0.2, 0.25) is 5.91 Å². The lowest BCUT2D eigenvalue weighted by atomic mass is 9.96. The molecular weight excluding hydrogens is 406 g/mol. The fraction of sp³-hybridized carbons (Fsp3) is 0.967. The van der Waals surface area contributed by atoms with Gasteiger partial charge in [-0.05, 0) is 25.2 Å². The number of hydrogen-bond acceptors (Lipinski definition) is 2. The molecule has 0 bridgehead atoms. The first-order valence-electron chi connectivity index (χ1n) is 15.1. The number of amides is 1. The van der Waals surface area contributed by atoms with Crippen LogP contribution in [0.1, 0.15) is 174 Å². The maximum atomic E-state index is 10.7. The summed E-state index contributed by atoms with van der Waals surface area (Å²) in [5.74, 6) is 0.408. The van der Waals surface area contributed by atoms with Gasteiger partial charge in [-0.25, -0.2) is 0 Å². The van der Waals surface area contributed by atoms with Crippen molar-refractivity contribution in [3.8, 4) is 0 Å². The summed E-state index contributed by atoms with van der Waals surface area (Å²) >= 11 is 0. The summed E-state index contributed by atoms with van der Waals surface area (Å²) in [6.45, 7) is 2.63. The highest BCUT2D eigenvalue weighted by molar-refractivity contribution is 5.73. The molecule has 0 aliphatic heterocycles. The summed E-state index contributed by atoms with van der Waals surface area (Å²) in [7, 11) is 0. The highest BCUT2D eigenvalue weighted by Gasteiger charge is 2.06. The minimum atomic E-state index is -0.154. The number of aliphatic hydroxyl groups excluding tert-OH is 1. The number of unbranched alkanes of at least 4 members (excludes halogenated alkanes) is 21. The zero-order valence-corrected chi connectivity index (χ0v) is 22.6. The quantitative estimate of drug-likeness (QED) is 0.113. The fourth-order valence-corrected chi connectivity index (χ4v) is 4.91. The maximum absolute atomic E-state index is 10.7. The van der Waals surface area contributed by atoms with Crippen molar-refractivity contribution in [2.45, 2.75) is 174 Å². The largest absolute Gasteiger partial charge is 0.396 e. The van der Waals surface area contributed by atoms with Crippen molar-refractivity contribution in [1.29, 1.82) is 0 Å². The molecule has 0 fully saturated rings. The summed E-state index contributed by atoms with van der Waals surface area (Å²) in [5, 5.41) is 9.43. The summed E-state index contributed by atoms with van der Waals surface area (Å²) in [6.07, 6.45) is 34.2. The van der Waals surface area contributed by atoms with Crippen molar-refractivity contribution in [3.63, 3.8) is 0 Å². The second kappa shape index (κ2) is 27.7. The van der Waals surface area contributed by atoms with Gasteiger partial charge in [0, 0.05) is 13.0 Å². The van der Waals surface area contributed by atoms with Crippen LogP contribution in [-0.4, -0.2) is 17.6 Å². The SMILES string of the molecule is CCCCC(CO)CCCCCCCCCCCCCCCCCCCCCCCC(N)=O. The Morgan fingerprint density at radius 2 is 0.848 bits per heavy atom. The summed E-state index contributed by atoms with van der Waals surface area (Å²) < 4.78 is 0. The Bertz CT molecular complexity index is 385. The van der Waals surface area contributed by atoms with E-state index in [0.29, 0.717) is 18.9 Å². The van der Waals surface area contributed by atoms with E-state index in [2.05, 4.69) is 6.92 Å². The van der Waals surface area contributed by atoms with Crippen molar-refractivity contribution in [3.05, 3.63) is 0 Å². The van der Waals surface area contributed by atoms with Crippen molar-refractivity contribution in [1.82, 2.24) is 0 Å². The van der Waals surface area contributed by atoms with Crippen LogP contribution < -0.4 is 5.73 Å². The number of carbonyl (C=O) groups excluding carboxylic acids is 1. The third-order valence-electron chi connectivity index (χ3n) is 7.26. The van der Waals surface area contributed by atoms with Crippen LogP contribution in [0.5, 0.6) is 0 Å². The lowest BCUT2D eigenvalue weighted by Gasteiger charge is -2.13. The average Bonchev–Trinajstić information content (AvgIpc) is 2.81. The predicted octanol–water partition coefficient (Wildman–Crippen LogP) is 9.24. The van der Waals surface area contributed by atoms with Gasteiger partial charge in [-0.15, -0.1) is 0 Å². The van der Waals surface area contributed by atoms with Gasteiger partial charge in [0.15, 0.2) is 0 Å². The van der Waals surface area contributed by atoms with E-state index in [1.807, 2.05) is 0 Å². The molecule has 0 aromatic heterocycles. The van der Waals surface area contributed by atoms with E-state index in [1.165, 1.54) is 148 Å². The Morgan fingerprint density at radius 3 is 1.15 bits per heavy atom. The number of rotatable bonds is 28. The minimum absolute atomic E-state index is 0.154. The molecule has 33 heavy (non-hydrogen) atoms. The lowest BCUT2D eigenvalue weighted by molar-refractivity contribution is -0.118. The van der Waals surface area contributed by atoms with E-state index in [0.717, 1.165) is 12.8 Å². The van der Waals surface area contributed by atoms with Gasteiger partial charge in [-0.1, -0.05) is 148 Å². The van der Waals surface area contributed by atoms with E-state index in [9.17, 15) is 9.90 Å². The fourth-order valence-electron chi connectivity index (χ4n) is 4.91. The molecule has 0 aromatic carbocycles. The van der Waals surface area contributed by atoms with E-state index in [1.54, 1.807) is 0 Å². The molecule has 0 heterocycles. The van der Waals surface area contributed by atoms with Crippen LogP contribution >= 0.6 is 0 Å². The van der Waals surface area contributed by atoms with Gasteiger partial charge in [0.25, 0.3) is 0 Å². The molecule has 3 nitrogen and oxygen atoms in total. The van der Waals surface area contributed by atoms with Crippen molar-refractivity contribution in [2.75, 3.05) is 6.61 Å². The van der Waals surface area contributed by atoms with Gasteiger partial charge in [0.05, 0.1) is 0 Å². The molecule has 0 aliphatic carbocycles. The average molecular weight is 468 g/mol. The van der Waals surface area contributed by atoms with Gasteiger partial charge < -0.3 is 10.8 Å². The molecule has 0 saturated heterocycles. The third-order valence-corrected chi connectivity index (χ3v) is 7.26. The third kappa shape index (κ3) is 27.6. The van der Waals surface area contributed by atoms with Crippen LogP contribution in [0.3, 0.4) is 0 Å². The van der Waals surface area contributed by atoms with Gasteiger partial charge in [-0.3, -0.25) is 4.79 Å². The lowest BCUT2D eigenvalue weighted by Crippen LogP contribution is -2.09. The zero-order chi connectivity index (χ0) is 24.2. The van der Waals surface area contributed by atoms with Crippen LogP contribution in [0.15, 0.2) is 0 Å². The smallest absolute Gasteiger partial charge is 0.217 e. The van der Waals surface area contributed by atoms with Crippen molar-refractivity contribution < 1.29 is 9.90 Å². The maximum Gasteiger partial charge on any atom is 0.217 e. The van der Waals surface area contributed by atoms with E-state index in [4.69, 9.17) is 5.73 Å². The molecule has 1 unspecified atom stereocenters. The number of aliphatic hydroxyl groups is 1. The topological polar surface area (TPSA) is 63.3 Å². The Kier molecular flexibility index (Phi) is 27.2. The molecule has 1 atom stereocenters. The second-order valence-electron chi connectivity index (χ2n) is 10.6. The van der Waals surface area contributed by atoms with Crippen LogP contribution in [-0.2, 0) is 4.79 Å². The molecule has 0 rings (SSSR count). The van der Waals surface area contributed by atoms with Gasteiger partial charge >= 0.3 is 0 Å². The Morgan fingerprint density at radius 1 is 0.545 bits per heavy atom. The standard InChI is InChI=1S/C30H61NO2/c1-2-3-25-29(28-32)26-23-21-19-17-15-13-11-9-7-5-4-6-8-10-12-14-16-18-20-22-24-27-30(31)33/h29,32H,2-28H2,1H3,(H2,31,33). The predicted molar refractivity (Wildman–Crippen MR) is 145 cm³/mol. The Labute approximate surface area is 208 Å². The molecule has 3 heteroatoms. The molecule has 0 radical (unpaired) electrons. The van der Waals surface area contributed by atoms with Gasteiger partial charge in [0.1, 0.15) is 0 Å². The first-order valence-corrected chi connectivity index (χ1v) is 15.1. The van der Waals surface area contributed by atoms with E-state index < -0.39 is 0 Å². The molecule has 0 aromatic rings. The van der Waals surface area contributed by atoms with E-state index in [-0.39, 0.29) is 5.91 Å². The summed E-state index contributed by atoms with van der Waals surface area (Å²) in [4.78, 5) is 10.7. The van der Waals surface area contributed by atoms with Crippen molar-refractivity contribution in [2.24, 2.45) is 11.7 Å².